The number of rotatable bonds is 2. The molecule has 1 aliphatic heterocycles. The molecule has 10 heteroatoms. The van der Waals surface area contributed by atoms with E-state index in [1.165, 1.54) is 17.8 Å². The Morgan fingerprint density at radius 1 is 1.65 bits per heavy atom. The number of imidazole rings is 1. The minimum Gasteiger partial charge on any atom is -0.391 e. The van der Waals surface area contributed by atoms with Gasteiger partial charge in [0.1, 0.15) is 23.4 Å². The average molecular weight is 337 g/mol. The number of fused-ring (bicyclic) bond motifs is 1. The summed E-state index contributed by atoms with van der Waals surface area (Å²) in [6.45, 7) is 1.43. The van der Waals surface area contributed by atoms with Crippen molar-refractivity contribution in [1.29, 1.82) is 0 Å². The van der Waals surface area contributed by atoms with Crippen LogP contribution in [0.15, 0.2) is 6.33 Å². The monoisotopic (exact) mass is 337 g/mol. The standard InChI is InChI=1S/C13H15N5O4S/c1-3-13(21)8(20)7(5(2)19)22-11(13)18-4-15-6-9(18)16-12(14)17-10(6)23/h1,4-5,7-8,11,19-21H,2H3,(H3,14,16,17,23)/t5-,7+,8?,11+,13?/m0/s1. The number of terminal acetylenes is 1. The van der Waals surface area contributed by atoms with Gasteiger partial charge in [0.25, 0.3) is 0 Å². The number of nitrogens with one attached hydrogen (secondary N) is 1. The fraction of sp³-hybridized carbons (Fsp3) is 0.462. The number of nitrogens with zero attached hydrogens (tertiary/aromatic N) is 3. The van der Waals surface area contributed by atoms with Gasteiger partial charge in [-0.1, -0.05) is 18.1 Å². The molecule has 6 N–H and O–H groups in total. The second-order valence-corrected chi connectivity index (χ2v) is 5.77. The zero-order valence-electron chi connectivity index (χ0n) is 12.0. The summed E-state index contributed by atoms with van der Waals surface area (Å²) in [4.78, 5) is 10.8. The number of aromatic amines is 1. The topological polar surface area (TPSA) is 142 Å². The molecule has 0 saturated carbocycles. The largest absolute Gasteiger partial charge is 0.391 e. The summed E-state index contributed by atoms with van der Waals surface area (Å²) in [6, 6.07) is 0. The van der Waals surface area contributed by atoms with Crippen molar-refractivity contribution in [2.75, 3.05) is 5.73 Å². The number of ether oxygens (including phenoxy) is 1. The molecular weight excluding hydrogens is 322 g/mol. The molecule has 3 rings (SSSR count). The zero-order chi connectivity index (χ0) is 16.9. The molecule has 5 atom stereocenters. The number of anilines is 1. The Hall–Kier alpha value is -2.03. The summed E-state index contributed by atoms with van der Waals surface area (Å²) in [5.41, 5.74) is 4.25. The maximum atomic E-state index is 10.7. The molecule has 2 aromatic heterocycles. The molecule has 1 saturated heterocycles. The molecule has 1 fully saturated rings. The van der Waals surface area contributed by atoms with Crippen LogP contribution in [0, 0.1) is 17.0 Å². The van der Waals surface area contributed by atoms with Crippen LogP contribution in [0.4, 0.5) is 5.95 Å². The first-order valence-electron chi connectivity index (χ1n) is 6.73. The van der Waals surface area contributed by atoms with Gasteiger partial charge in [-0.3, -0.25) is 4.57 Å². The summed E-state index contributed by atoms with van der Waals surface area (Å²) in [6.07, 6.45) is 1.93. The van der Waals surface area contributed by atoms with Gasteiger partial charge in [-0.25, -0.2) is 9.97 Å². The molecule has 9 nitrogen and oxygen atoms in total. The van der Waals surface area contributed by atoms with Gasteiger partial charge in [0.05, 0.1) is 12.4 Å². The van der Waals surface area contributed by atoms with E-state index in [0.29, 0.717) is 11.2 Å². The van der Waals surface area contributed by atoms with Crippen molar-refractivity contribution >= 4 is 29.3 Å². The average Bonchev–Trinajstić information content (AvgIpc) is 3.00. The molecule has 0 spiro atoms. The highest BCUT2D eigenvalue weighted by Crippen LogP contribution is 2.40. The Morgan fingerprint density at radius 3 is 2.96 bits per heavy atom. The van der Waals surface area contributed by atoms with Gasteiger partial charge in [0.15, 0.2) is 22.4 Å². The lowest BCUT2D eigenvalue weighted by atomic mass is 9.93. The fourth-order valence-electron chi connectivity index (χ4n) is 2.67. The quantitative estimate of drug-likeness (QED) is 0.350. The Labute approximate surface area is 135 Å². The van der Waals surface area contributed by atoms with Crippen molar-refractivity contribution in [2.24, 2.45) is 0 Å². The van der Waals surface area contributed by atoms with Crippen LogP contribution in [0.2, 0.25) is 0 Å². The van der Waals surface area contributed by atoms with E-state index < -0.39 is 30.1 Å². The van der Waals surface area contributed by atoms with E-state index in [4.69, 9.17) is 29.1 Å². The number of nitrogen functional groups attached to an aromatic ring is 1. The summed E-state index contributed by atoms with van der Waals surface area (Å²) < 4.78 is 7.13. The molecule has 1 aliphatic rings. The molecule has 2 unspecified atom stereocenters. The first kappa shape index (κ1) is 15.9. The predicted octanol–water partition coefficient (Wildman–Crippen LogP) is -0.926. The molecule has 0 bridgehead atoms. The molecule has 122 valence electrons. The third-order valence-corrected chi connectivity index (χ3v) is 4.13. The SMILES string of the molecule is C#CC1(O)C(O)[C@@H]([C@H](C)O)O[C@H]1n1cnc2c(=S)nc(N)[nH]c21. The second-order valence-electron chi connectivity index (χ2n) is 5.38. The summed E-state index contributed by atoms with van der Waals surface area (Å²) in [5.74, 6) is 2.20. The molecule has 2 aromatic rings. The lowest BCUT2D eigenvalue weighted by Crippen LogP contribution is -2.47. The number of aliphatic hydroxyl groups excluding tert-OH is 2. The number of nitrogens with two attached hydrogens (primary N) is 1. The highest BCUT2D eigenvalue weighted by molar-refractivity contribution is 7.71. The van der Waals surface area contributed by atoms with Crippen molar-refractivity contribution in [1.82, 2.24) is 19.5 Å². The van der Waals surface area contributed by atoms with Crippen LogP contribution in [0.1, 0.15) is 13.2 Å². The molecule has 23 heavy (non-hydrogen) atoms. The Morgan fingerprint density at radius 2 is 2.35 bits per heavy atom. The van der Waals surface area contributed by atoms with Crippen LogP contribution in [-0.4, -0.2) is 58.8 Å². The fourth-order valence-corrected chi connectivity index (χ4v) is 2.91. The molecule has 0 aromatic carbocycles. The molecular formula is C13H15N5O4S. The van der Waals surface area contributed by atoms with E-state index in [1.807, 2.05) is 0 Å². The van der Waals surface area contributed by atoms with Crippen LogP contribution in [0.25, 0.3) is 11.2 Å². The van der Waals surface area contributed by atoms with E-state index >= 15 is 0 Å². The molecule has 0 radical (unpaired) electrons. The van der Waals surface area contributed by atoms with E-state index in [-0.39, 0.29) is 10.6 Å². The van der Waals surface area contributed by atoms with E-state index in [0.717, 1.165) is 0 Å². The first-order valence-corrected chi connectivity index (χ1v) is 7.14. The third-order valence-electron chi connectivity index (χ3n) is 3.85. The van der Waals surface area contributed by atoms with Gasteiger partial charge in [-0.05, 0) is 6.92 Å². The van der Waals surface area contributed by atoms with Gasteiger partial charge >= 0.3 is 0 Å². The highest BCUT2D eigenvalue weighted by Gasteiger charge is 2.57. The molecule has 3 heterocycles. The molecule has 0 amide bonds. The maximum Gasteiger partial charge on any atom is 0.200 e. The van der Waals surface area contributed by atoms with Crippen molar-refractivity contribution in [3.05, 3.63) is 11.0 Å². The number of hydrogen-bond acceptors (Lipinski definition) is 8. The minimum absolute atomic E-state index is 0.0547. The number of aliphatic hydroxyl groups is 3. The maximum absolute atomic E-state index is 10.7. The minimum atomic E-state index is -2.07. The van der Waals surface area contributed by atoms with E-state index in [9.17, 15) is 15.3 Å². The Kier molecular flexibility index (Phi) is 3.62. The van der Waals surface area contributed by atoms with Crippen molar-refractivity contribution < 1.29 is 20.1 Å². The second kappa shape index (κ2) is 5.26. The number of aromatic nitrogens is 4. The lowest BCUT2D eigenvalue weighted by Gasteiger charge is -2.26. The van der Waals surface area contributed by atoms with Crippen molar-refractivity contribution in [3.8, 4) is 12.3 Å². The third kappa shape index (κ3) is 2.21. The van der Waals surface area contributed by atoms with Crippen LogP contribution in [0.3, 0.4) is 0 Å². The van der Waals surface area contributed by atoms with Crippen LogP contribution < -0.4 is 5.73 Å². The van der Waals surface area contributed by atoms with Crippen LogP contribution >= 0.6 is 12.2 Å². The van der Waals surface area contributed by atoms with Gasteiger partial charge in [0, 0.05) is 0 Å². The lowest BCUT2D eigenvalue weighted by molar-refractivity contribution is -0.0846. The van der Waals surface area contributed by atoms with Crippen molar-refractivity contribution in [3.63, 3.8) is 0 Å². The van der Waals surface area contributed by atoms with Gasteiger partial charge in [-0.2, -0.15) is 0 Å². The zero-order valence-corrected chi connectivity index (χ0v) is 12.9. The predicted molar refractivity (Wildman–Crippen MR) is 82.5 cm³/mol. The number of H-pyrrole nitrogens is 1. The van der Waals surface area contributed by atoms with Gasteiger partial charge < -0.3 is 30.8 Å². The Bertz CT molecular complexity index is 856. The summed E-state index contributed by atoms with van der Waals surface area (Å²) >= 11 is 5.08. The summed E-state index contributed by atoms with van der Waals surface area (Å²) in [5, 5.41) is 30.6. The van der Waals surface area contributed by atoms with Gasteiger partial charge in [-0.15, -0.1) is 6.42 Å². The van der Waals surface area contributed by atoms with E-state index in [1.54, 1.807) is 0 Å². The van der Waals surface area contributed by atoms with Gasteiger partial charge in [0.2, 0.25) is 0 Å². The Balaban J connectivity index is 2.18. The normalized spacial score (nSPS) is 32.0. The highest BCUT2D eigenvalue weighted by atomic mass is 32.1. The molecule has 0 aliphatic carbocycles. The van der Waals surface area contributed by atoms with Crippen molar-refractivity contribution in [2.45, 2.75) is 37.1 Å². The van der Waals surface area contributed by atoms with E-state index in [2.05, 4.69) is 20.9 Å². The first-order chi connectivity index (χ1) is 10.8. The number of hydrogen-bond donors (Lipinski definition) is 5. The summed E-state index contributed by atoms with van der Waals surface area (Å²) in [7, 11) is 0. The van der Waals surface area contributed by atoms with Crippen LogP contribution in [0.5, 0.6) is 0 Å². The van der Waals surface area contributed by atoms with Crippen LogP contribution in [-0.2, 0) is 4.74 Å². The smallest absolute Gasteiger partial charge is 0.200 e.